The molecule has 0 saturated heterocycles. The fraction of sp³-hybridized carbons (Fsp3) is 0.478. The first kappa shape index (κ1) is 22.8. The van der Waals surface area contributed by atoms with Crippen molar-refractivity contribution >= 4 is 28.3 Å². The number of nitrogens with zero attached hydrogens (tertiary/aromatic N) is 3. The lowest BCUT2D eigenvalue weighted by Crippen LogP contribution is -2.33. The van der Waals surface area contributed by atoms with E-state index in [4.69, 9.17) is 4.74 Å². The van der Waals surface area contributed by atoms with Gasteiger partial charge in [-0.1, -0.05) is 6.07 Å². The maximum Gasteiger partial charge on any atom is 0.409 e. The summed E-state index contributed by atoms with van der Waals surface area (Å²) in [6, 6.07) is 6.07. The maximum absolute atomic E-state index is 12.4. The summed E-state index contributed by atoms with van der Waals surface area (Å²) in [5.41, 5.74) is 2.61. The Bertz CT molecular complexity index is 948. The summed E-state index contributed by atoms with van der Waals surface area (Å²) >= 11 is 1.47. The molecule has 8 heteroatoms. The average Bonchev–Trinajstić information content (AvgIpc) is 3.13. The zero-order valence-electron chi connectivity index (χ0n) is 18.0. The first-order valence-corrected chi connectivity index (χ1v) is 11.5. The smallest absolute Gasteiger partial charge is 0.409 e. The topological polar surface area (TPSA) is 95.3 Å². The lowest BCUT2D eigenvalue weighted by molar-refractivity contribution is -0.116. The van der Waals surface area contributed by atoms with Crippen LogP contribution < -0.4 is 5.32 Å². The number of thiophene rings is 1. The van der Waals surface area contributed by atoms with Gasteiger partial charge in [-0.15, -0.1) is 11.3 Å². The van der Waals surface area contributed by atoms with Crippen LogP contribution >= 0.6 is 11.3 Å². The number of anilines is 1. The molecule has 1 atom stereocenters. The van der Waals surface area contributed by atoms with Crippen molar-refractivity contribution in [1.82, 2.24) is 9.88 Å². The number of nitriles is 1. The highest BCUT2D eigenvalue weighted by Gasteiger charge is 2.27. The summed E-state index contributed by atoms with van der Waals surface area (Å²) in [4.78, 5) is 31.4. The molecule has 7 nitrogen and oxygen atoms in total. The number of rotatable bonds is 8. The molecule has 1 aliphatic rings. The second-order valence-electron chi connectivity index (χ2n) is 7.59. The van der Waals surface area contributed by atoms with E-state index in [1.807, 2.05) is 26.0 Å². The van der Waals surface area contributed by atoms with Crippen LogP contribution in [0.15, 0.2) is 24.5 Å². The monoisotopic (exact) mass is 440 g/mol. The van der Waals surface area contributed by atoms with Crippen molar-refractivity contribution in [2.45, 2.75) is 46.0 Å². The third-order valence-corrected chi connectivity index (χ3v) is 6.73. The minimum absolute atomic E-state index is 0.108. The van der Waals surface area contributed by atoms with E-state index in [-0.39, 0.29) is 17.9 Å². The number of fused-ring (bicyclic) bond motifs is 1. The highest BCUT2D eigenvalue weighted by Crippen LogP contribution is 2.39. The fourth-order valence-corrected chi connectivity index (χ4v) is 5.09. The number of aromatic nitrogens is 1. The van der Waals surface area contributed by atoms with Crippen molar-refractivity contribution in [2.24, 2.45) is 5.92 Å². The summed E-state index contributed by atoms with van der Waals surface area (Å²) in [6.45, 7) is 5.49. The summed E-state index contributed by atoms with van der Waals surface area (Å²) in [5, 5.41) is 13.2. The molecular weight excluding hydrogens is 412 g/mol. The molecule has 0 spiro atoms. The molecular formula is C23H28N4O3S. The number of ether oxygens (including phenoxy) is 1. The van der Waals surface area contributed by atoms with E-state index in [0.29, 0.717) is 43.1 Å². The maximum atomic E-state index is 12.4. The van der Waals surface area contributed by atoms with E-state index in [0.717, 1.165) is 35.3 Å². The van der Waals surface area contributed by atoms with Crippen LogP contribution in [0.25, 0.3) is 0 Å². The lowest BCUT2D eigenvalue weighted by atomic mass is 9.88. The van der Waals surface area contributed by atoms with Gasteiger partial charge in [0.05, 0.1) is 12.2 Å². The largest absolute Gasteiger partial charge is 0.449 e. The SMILES string of the molecule is CCN(CC)C(=O)OCC1CCc2c(sc(NC(=O)CCc3cccnc3)c2C#N)C1. The number of pyridine rings is 1. The van der Waals surface area contributed by atoms with Crippen LogP contribution in [0.4, 0.5) is 9.80 Å². The van der Waals surface area contributed by atoms with Gasteiger partial charge in [0.15, 0.2) is 0 Å². The summed E-state index contributed by atoms with van der Waals surface area (Å²) < 4.78 is 5.49. The second-order valence-corrected chi connectivity index (χ2v) is 8.69. The van der Waals surface area contributed by atoms with Crippen molar-refractivity contribution in [3.63, 3.8) is 0 Å². The number of aryl methyl sites for hydroxylation is 1. The highest BCUT2D eigenvalue weighted by atomic mass is 32.1. The predicted molar refractivity (Wildman–Crippen MR) is 120 cm³/mol. The van der Waals surface area contributed by atoms with Crippen molar-refractivity contribution < 1.29 is 14.3 Å². The van der Waals surface area contributed by atoms with Crippen molar-refractivity contribution in [2.75, 3.05) is 25.0 Å². The summed E-state index contributed by atoms with van der Waals surface area (Å²) in [6.07, 6.45) is 6.50. The molecule has 1 N–H and O–H groups in total. The number of hydrogen-bond acceptors (Lipinski definition) is 6. The van der Waals surface area contributed by atoms with Crippen LogP contribution in [0.3, 0.4) is 0 Å². The van der Waals surface area contributed by atoms with Gasteiger partial charge in [0.2, 0.25) is 5.91 Å². The van der Waals surface area contributed by atoms with Gasteiger partial charge in [0.1, 0.15) is 11.1 Å². The number of hydrogen-bond donors (Lipinski definition) is 1. The Morgan fingerprint density at radius 2 is 2.19 bits per heavy atom. The van der Waals surface area contributed by atoms with Gasteiger partial charge < -0.3 is 15.0 Å². The van der Waals surface area contributed by atoms with Crippen LogP contribution in [0.1, 0.15) is 48.3 Å². The lowest BCUT2D eigenvalue weighted by Gasteiger charge is -2.24. The van der Waals surface area contributed by atoms with Crippen molar-refractivity contribution in [3.05, 3.63) is 46.1 Å². The Hall–Kier alpha value is -2.92. The van der Waals surface area contributed by atoms with Crippen LogP contribution in [0.2, 0.25) is 0 Å². The van der Waals surface area contributed by atoms with Gasteiger partial charge in [-0.05, 0) is 62.6 Å². The van der Waals surface area contributed by atoms with Crippen molar-refractivity contribution in [3.8, 4) is 6.07 Å². The quantitative estimate of drug-likeness (QED) is 0.665. The zero-order valence-corrected chi connectivity index (χ0v) is 18.8. The molecule has 164 valence electrons. The summed E-state index contributed by atoms with van der Waals surface area (Å²) in [5.74, 6) is 0.120. The van der Waals surface area contributed by atoms with Gasteiger partial charge in [-0.3, -0.25) is 9.78 Å². The average molecular weight is 441 g/mol. The Balaban J connectivity index is 1.59. The van der Waals surface area contributed by atoms with E-state index in [1.165, 1.54) is 11.3 Å². The van der Waals surface area contributed by atoms with E-state index >= 15 is 0 Å². The molecule has 3 rings (SSSR count). The Morgan fingerprint density at radius 3 is 2.87 bits per heavy atom. The zero-order chi connectivity index (χ0) is 22.2. The second kappa shape index (κ2) is 10.9. The molecule has 1 aliphatic carbocycles. The highest BCUT2D eigenvalue weighted by molar-refractivity contribution is 7.16. The minimum atomic E-state index is -0.277. The van der Waals surface area contributed by atoms with Gasteiger partial charge in [0.25, 0.3) is 0 Å². The Labute approximate surface area is 187 Å². The molecule has 0 aromatic carbocycles. The molecule has 0 aliphatic heterocycles. The van der Waals surface area contributed by atoms with Crippen molar-refractivity contribution in [1.29, 1.82) is 5.26 Å². The van der Waals surface area contributed by atoms with Gasteiger partial charge >= 0.3 is 6.09 Å². The first-order chi connectivity index (χ1) is 15.0. The number of amides is 2. The number of nitrogens with one attached hydrogen (secondary N) is 1. The molecule has 2 heterocycles. The van der Waals surface area contributed by atoms with Gasteiger partial charge in [-0.2, -0.15) is 5.26 Å². The Morgan fingerprint density at radius 1 is 1.39 bits per heavy atom. The molecule has 31 heavy (non-hydrogen) atoms. The molecule has 0 saturated carbocycles. The number of carbonyl (C=O) groups is 2. The van der Waals surface area contributed by atoms with E-state index < -0.39 is 0 Å². The minimum Gasteiger partial charge on any atom is -0.449 e. The van der Waals surface area contributed by atoms with Gasteiger partial charge in [-0.25, -0.2) is 4.79 Å². The molecule has 0 radical (unpaired) electrons. The fourth-order valence-electron chi connectivity index (χ4n) is 3.76. The third-order valence-electron chi connectivity index (χ3n) is 5.56. The summed E-state index contributed by atoms with van der Waals surface area (Å²) in [7, 11) is 0. The van der Waals surface area contributed by atoms with Crippen LogP contribution in [0, 0.1) is 17.2 Å². The molecule has 2 amide bonds. The molecule has 2 aromatic rings. The Kier molecular flexibility index (Phi) is 8.01. The normalized spacial score (nSPS) is 14.9. The standard InChI is InChI=1S/C23H28N4O3S/c1-3-27(4-2)23(29)30-15-17-7-9-18-19(13-24)22(31-20(18)12-17)26-21(28)10-8-16-6-5-11-25-14-16/h5-6,11,14,17H,3-4,7-10,12,15H2,1-2H3,(H,26,28). The third kappa shape index (κ3) is 5.82. The molecule has 2 aromatic heterocycles. The first-order valence-electron chi connectivity index (χ1n) is 10.7. The van der Waals surface area contributed by atoms with Crippen LogP contribution in [0.5, 0.6) is 0 Å². The molecule has 0 bridgehead atoms. The van der Waals surface area contributed by atoms with E-state index in [1.54, 1.807) is 17.3 Å². The van der Waals surface area contributed by atoms with E-state index in [9.17, 15) is 14.9 Å². The van der Waals surface area contributed by atoms with Crippen LogP contribution in [-0.2, 0) is 28.8 Å². The van der Waals surface area contributed by atoms with E-state index in [2.05, 4.69) is 16.4 Å². The molecule has 1 unspecified atom stereocenters. The van der Waals surface area contributed by atoms with Gasteiger partial charge in [0, 0.05) is 36.8 Å². The molecule has 0 fully saturated rings. The predicted octanol–water partition coefficient (Wildman–Crippen LogP) is 4.17. The number of carbonyl (C=O) groups excluding carboxylic acids is 2. The van der Waals surface area contributed by atoms with Crippen LogP contribution in [-0.4, -0.2) is 41.6 Å².